The van der Waals surface area contributed by atoms with E-state index in [0.717, 1.165) is 58.0 Å². The molecule has 0 saturated heterocycles. The topological polar surface area (TPSA) is 43.4 Å². The molecule has 0 aromatic rings. The van der Waals surface area contributed by atoms with Gasteiger partial charge >= 0.3 is 0 Å². The summed E-state index contributed by atoms with van der Waals surface area (Å²) in [5.41, 5.74) is 1.50. The van der Waals surface area contributed by atoms with Crippen LogP contribution in [0.25, 0.3) is 0 Å². The molecule has 0 heterocycles. The molecule has 4 heteroatoms. The van der Waals surface area contributed by atoms with Crippen LogP contribution >= 0.6 is 0 Å². The molecule has 32 heavy (non-hydrogen) atoms. The molecule has 0 aromatic carbocycles. The SMILES string of the molecule is CC(C)(C)[Si](C)(C)OCCCC1CC2=CC(=O)CC[C@]2(C)C2CC[C@]3(C)C(=O)CCC3C12. The summed E-state index contributed by atoms with van der Waals surface area (Å²) in [5.74, 6) is 3.23. The fraction of sp³-hybridized carbons (Fsp3) is 0.857. The molecule has 180 valence electrons. The van der Waals surface area contributed by atoms with E-state index in [9.17, 15) is 9.59 Å². The molecule has 6 atom stereocenters. The molecular weight excluding hydrogens is 412 g/mol. The van der Waals surface area contributed by atoms with Crippen LogP contribution in [0.1, 0.15) is 92.4 Å². The first-order valence-electron chi connectivity index (χ1n) is 13.2. The highest BCUT2D eigenvalue weighted by Gasteiger charge is 2.61. The van der Waals surface area contributed by atoms with E-state index in [2.05, 4.69) is 47.7 Å². The standard InChI is InChI=1S/C28H46O3Si/c1-26(2,3)32(6,7)31-16-8-9-19-17-20-18-21(29)12-14-27(20,4)23-13-15-28(5)22(25(19)23)10-11-24(28)30/h18-19,22-23,25H,8-17H2,1-7H3/t19?,22?,23?,25?,27-,28-/m0/s1. The van der Waals surface area contributed by atoms with Crippen molar-refractivity contribution >= 4 is 19.9 Å². The van der Waals surface area contributed by atoms with Crippen molar-refractivity contribution in [3.8, 4) is 0 Å². The van der Waals surface area contributed by atoms with Gasteiger partial charge in [-0.15, -0.1) is 0 Å². The lowest BCUT2D eigenvalue weighted by Gasteiger charge is -2.59. The van der Waals surface area contributed by atoms with Gasteiger partial charge in [-0.05, 0) is 98.2 Å². The molecule has 0 bridgehead atoms. The van der Waals surface area contributed by atoms with Crippen molar-refractivity contribution in [3.63, 3.8) is 0 Å². The van der Waals surface area contributed by atoms with Crippen molar-refractivity contribution < 1.29 is 14.0 Å². The van der Waals surface area contributed by atoms with Crippen LogP contribution in [-0.4, -0.2) is 26.5 Å². The van der Waals surface area contributed by atoms with Crippen molar-refractivity contribution in [2.75, 3.05) is 6.61 Å². The summed E-state index contributed by atoms with van der Waals surface area (Å²) < 4.78 is 6.50. The highest BCUT2D eigenvalue weighted by molar-refractivity contribution is 6.74. The average Bonchev–Trinajstić information content (AvgIpc) is 3.00. The van der Waals surface area contributed by atoms with Gasteiger partial charge in [0, 0.05) is 24.9 Å². The van der Waals surface area contributed by atoms with Crippen molar-refractivity contribution in [2.24, 2.45) is 34.5 Å². The molecule has 4 aliphatic carbocycles. The van der Waals surface area contributed by atoms with Crippen molar-refractivity contribution in [1.82, 2.24) is 0 Å². The minimum Gasteiger partial charge on any atom is -0.417 e. The van der Waals surface area contributed by atoms with Gasteiger partial charge in [0.1, 0.15) is 5.78 Å². The zero-order valence-corrected chi connectivity index (χ0v) is 22.7. The van der Waals surface area contributed by atoms with Gasteiger partial charge in [0.25, 0.3) is 0 Å². The normalized spacial score (nSPS) is 39.9. The molecule has 4 rings (SSSR count). The van der Waals surface area contributed by atoms with Crippen LogP contribution in [0.3, 0.4) is 0 Å². The molecule has 3 saturated carbocycles. The Morgan fingerprint density at radius 3 is 2.41 bits per heavy atom. The Morgan fingerprint density at radius 2 is 1.72 bits per heavy atom. The second-order valence-corrected chi connectivity index (χ2v) is 18.3. The lowest BCUT2D eigenvalue weighted by molar-refractivity contribution is -0.135. The van der Waals surface area contributed by atoms with Gasteiger partial charge in [0.2, 0.25) is 0 Å². The summed E-state index contributed by atoms with van der Waals surface area (Å²) in [7, 11) is -1.72. The van der Waals surface area contributed by atoms with E-state index in [1.165, 1.54) is 5.57 Å². The van der Waals surface area contributed by atoms with E-state index in [1.54, 1.807) is 0 Å². The molecule has 4 unspecified atom stereocenters. The number of hydrogen-bond acceptors (Lipinski definition) is 3. The fourth-order valence-corrected chi connectivity index (χ4v) is 8.75. The Kier molecular flexibility index (Phi) is 6.24. The highest BCUT2D eigenvalue weighted by atomic mass is 28.4. The third-order valence-corrected chi connectivity index (χ3v) is 15.4. The van der Waals surface area contributed by atoms with E-state index in [-0.39, 0.29) is 15.9 Å². The third-order valence-electron chi connectivity index (χ3n) is 10.8. The summed E-state index contributed by atoms with van der Waals surface area (Å²) >= 11 is 0. The number of fused-ring (bicyclic) bond motifs is 5. The number of hydrogen-bond donors (Lipinski definition) is 0. The number of Topliss-reactive ketones (excluding diaryl/α,β-unsaturated/α-hetero) is 1. The second kappa shape index (κ2) is 8.18. The molecule has 4 aliphatic rings. The minimum atomic E-state index is -1.72. The third kappa shape index (κ3) is 3.91. The van der Waals surface area contributed by atoms with Gasteiger partial charge in [-0.1, -0.05) is 40.2 Å². The van der Waals surface area contributed by atoms with Gasteiger partial charge in [-0.25, -0.2) is 0 Å². The smallest absolute Gasteiger partial charge is 0.191 e. The van der Waals surface area contributed by atoms with Crippen LogP contribution in [0.4, 0.5) is 0 Å². The van der Waals surface area contributed by atoms with Gasteiger partial charge in [0.05, 0.1) is 0 Å². The number of rotatable bonds is 5. The maximum atomic E-state index is 12.9. The largest absolute Gasteiger partial charge is 0.417 e. The zero-order valence-electron chi connectivity index (χ0n) is 21.7. The van der Waals surface area contributed by atoms with Gasteiger partial charge in [-0.2, -0.15) is 0 Å². The minimum absolute atomic E-state index is 0.0981. The first-order chi connectivity index (χ1) is 14.8. The Morgan fingerprint density at radius 1 is 1.03 bits per heavy atom. The maximum absolute atomic E-state index is 12.9. The van der Waals surface area contributed by atoms with E-state index < -0.39 is 8.32 Å². The average molecular weight is 459 g/mol. The Labute approximate surface area is 197 Å². The first kappa shape index (κ1) is 24.4. The van der Waals surface area contributed by atoms with Gasteiger partial charge in [0.15, 0.2) is 14.1 Å². The van der Waals surface area contributed by atoms with Crippen molar-refractivity contribution in [1.29, 1.82) is 0 Å². The molecule has 0 aromatic heterocycles. The van der Waals surface area contributed by atoms with Crippen LogP contribution < -0.4 is 0 Å². The zero-order chi connectivity index (χ0) is 23.5. The van der Waals surface area contributed by atoms with Crippen LogP contribution in [-0.2, 0) is 14.0 Å². The quantitative estimate of drug-likeness (QED) is 0.325. The van der Waals surface area contributed by atoms with Crippen molar-refractivity contribution in [2.45, 2.75) is 111 Å². The Hall–Kier alpha value is -0.743. The summed E-state index contributed by atoms with van der Waals surface area (Å²) in [5, 5.41) is 0.243. The summed E-state index contributed by atoms with van der Waals surface area (Å²) in [6, 6.07) is 0. The predicted molar refractivity (Wildman–Crippen MR) is 133 cm³/mol. The lowest BCUT2D eigenvalue weighted by Crippen LogP contribution is -2.53. The molecule has 0 amide bonds. The summed E-state index contributed by atoms with van der Waals surface area (Å²) in [6.45, 7) is 17.2. The first-order valence-corrected chi connectivity index (χ1v) is 16.1. The summed E-state index contributed by atoms with van der Waals surface area (Å²) in [4.78, 5) is 25.2. The van der Waals surface area contributed by atoms with Crippen molar-refractivity contribution in [3.05, 3.63) is 11.6 Å². The number of allylic oxidation sites excluding steroid dienone is 1. The van der Waals surface area contributed by atoms with E-state index in [1.807, 2.05) is 6.08 Å². The monoisotopic (exact) mass is 458 g/mol. The highest BCUT2D eigenvalue weighted by Crippen LogP contribution is 2.66. The van der Waals surface area contributed by atoms with Gasteiger partial charge in [-0.3, -0.25) is 9.59 Å². The van der Waals surface area contributed by atoms with E-state index >= 15 is 0 Å². The fourth-order valence-electron chi connectivity index (χ4n) is 7.66. The molecule has 0 aliphatic heterocycles. The van der Waals surface area contributed by atoms with Crippen LogP contribution in [0.15, 0.2) is 11.6 Å². The van der Waals surface area contributed by atoms with Crippen LogP contribution in [0.5, 0.6) is 0 Å². The second-order valence-electron chi connectivity index (χ2n) is 13.5. The van der Waals surface area contributed by atoms with E-state index in [4.69, 9.17) is 4.43 Å². The number of carbonyl (C=O) groups is 2. The Bertz CT molecular complexity index is 806. The molecule has 0 N–H and O–H groups in total. The van der Waals surface area contributed by atoms with E-state index in [0.29, 0.717) is 41.7 Å². The number of carbonyl (C=O) groups excluding carboxylic acids is 2. The molecule has 3 nitrogen and oxygen atoms in total. The lowest BCUT2D eigenvalue weighted by atomic mass is 9.44. The maximum Gasteiger partial charge on any atom is 0.191 e. The number of ketones is 2. The van der Waals surface area contributed by atoms with Crippen LogP contribution in [0.2, 0.25) is 18.1 Å². The summed E-state index contributed by atoms with van der Waals surface area (Å²) in [6.07, 6.45) is 11.1. The Balaban J connectivity index is 1.55. The van der Waals surface area contributed by atoms with Gasteiger partial charge < -0.3 is 4.43 Å². The molecular formula is C28H46O3Si. The predicted octanol–water partition coefficient (Wildman–Crippen LogP) is 7.12. The molecule has 0 spiro atoms. The molecule has 0 radical (unpaired) electrons. The molecule has 3 fully saturated rings. The van der Waals surface area contributed by atoms with Crippen LogP contribution in [0, 0.1) is 34.5 Å².